The van der Waals surface area contributed by atoms with E-state index in [-0.39, 0.29) is 12.2 Å². The smallest absolute Gasteiger partial charge is 0.138 e. The van der Waals surface area contributed by atoms with Crippen LogP contribution in [0.25, 0.3) is 0 Å². The van der Waals surface area contributed by atoms with E-state index in [9.17, 15) is 4.79 Å². The van der Waals surface area contributed by atoms with Gasteiger partial charge in [0.15, 0.2) is 0 Å². The second-order valence-corrected chi connectivity index (χ2v) is 4.92. The Morgan fingerprint density at radius 2 is 1.38 bits per heavy atom. The fourth-order valence-electron chi connectivity index (χ4n) is 2.53. The van der Waals surface area contributed by atoms with Gasteiger partial charge in [0.25, 0.3) is 0 Å². The number of hydrogen-bond donors (Lipinski definition) is 0. The van der Waals surface area contributed by atoms with Crippen molar-refractivity contribution < 1.29 is 14.3 Å². The number of Topliss-reactive ketones (excluding diaryl/α,β-unsaturated/α-hetero) is 1. The topological polar surface area (TPSA) is 35.5 Å². The van der Waals surface area contributed by atoms with E-state index in [0.29, 0.717) is 18.6 Å². The normalized spacial score (nSPS) is 31.2. The van der Waals surface area contributed by atoms with E-state index >= 15 is 0 Å². The Balaban J connectivity index is 1.66. The summed E-state index contributed by atoms with van der Waals surface area (Å²) < 4.78 is 11.2. The molecule has 0 aromatic carbocycles. The number of ether oxygens (including phenoxy) is 2. The molecule has 0 aliphatic carbocycles. The number of hydrogen-bond acceptors (Lipinski definition) is 3. The van der Waals surface area contributed by atoms with Gasteiger partial charge in [0.2, 0.25) is 0 Å². The van der Waals surface area contributed by atoms with Crippen LogP contribution in [0.15, 0.2) is 0 Å². The molecule has 2 fully saturated rings. The molecule has 0 bridgehead atoms. The summed E-state index contributed by atoms with van der Waals surface area (Å²) in [6, 6.07) is 0. The molecule has 16 heavy (non-hydrogen) atoms. The lowest BCUT2D eigenvalue weighted by Gasteiger charge is -2.24. The van der Waals surface area contributed by atoms with Crippen molar-refractivity contribution >= 4 is 5.78 Å². The zero-order valence-corrected chi connectivity index (χ0v) is 9.95. The molecule has 92 valence electrons. The Morgan fingerprint density at radius 3 is 1.75 bits per heavy atom. The minimum atomic E-state index is 0.185. The third-order valence-electron chi connectivity index (χ3n) is 3.46. The molecule has 2 heterocycles. The van der Waals surface area contributed by atoms with Gasteiger partial charge in [0, 0.05) is 26.1 Å². The Kier molecular flexibility index (Phi) is 4.79. The summed E-state index contributed by atoms with van der Waals surface area (Å²) in [4.78, 5) is 11.8. The Hall–Kier alpha value is -0.410. The van der Waals surface area contributed by atoms with Crippen LogP contribution in [0, 0.1) is 0 Å². The molecule has 2 saturated heterocycles. The van der Waals surface area contributed by atoms with Crippen LogP contribution in [0.5, 0.6) is 0 Å². The highest BCUT2D eigenvalue weighted by Gasteiger charge is 2.21. The first kappa shape index (κ1) is 12.1. The van der Waals surface area contributed by atoms with Crippen molar-refractivity contribution in [3.63, 3.8) is 0 Å². The van der Waals surface area contributed by atoms with E-state index in [2.05, 4.69) is 0 Å². The maximum atomic E-state index is 11.8. The zero-order chi connectivity index (χ0) is 11.2. The number of ketones is 1. The second kappa shape index (κ2) is 6.36. The van der Waals surface area contributed by atoms with Crippen LogP contribution in [-0.2, 0) is 14.3 Å². The van der Waals surface area contributed by atoms with Crippen molar-refractivity contribution in [2.24, 2.45) is 0 Å². The van der Waals surface area contributed by atoms with Crippen molar-refractivity contribution in [3.8, 4) is 0 Å². The van der Waals surface area contributed by atoms with E-state index in [4.69, 9.17) is 9.47 Å². The van der Waals surface area contributed by atoms with Gasteiger partial charge in [-0.05, 0) is 38.5 Å². The lowest BCUT2D eigenvalue weighted by atomic mass is 9.98. The lowest BCUT2D eigenvalue weighted by molar-refractivity contribution is -0.126. The van der Waals surface area contributed by atoms with Crippen LogP contribution < -0.4 is 0 Å². The number of carbonyl (C=O) groups is 1. The van der Waals surface area contributed by atoms with Crippen molar-refractivity contribution in [1.82, 2.24) is 0 Å². The Labute approximate surface area is 97.5 Å². The molecule has 0 N–H and O–H groups in total. The maximum Gasteiger partial charge on any atom is 0.138 e. The third kappa shape index (κ3) is 3.87. The van der Waals surface area contributed by atoms with Gasteiger partial charge in [-0.2, -0.15) is 0 Å². The zero-order valence-electron chi connectivity index (χ0n) is 9.95. The number of rotatable bonds is 4. The molecule has 0 spiro atoms. The standard InChI is InChI=1S/C13H22O3/c14-11(9-12-5-1-3-7-15-12)10-13-6-2-4-8-16-13/h12-13H,1-10H2. The second-order valence-electron chi connectivity index (χ2n) is 4.92. The molecule has 3 nitrogen and oxygen atoms in total. The van der Waals surface area contributed by atoms with Crippen molar-refractivity contribution in [2.75, 3.05) is 13.2 Å². The minimum absolute atomic E-state index is 0.185. The highest BCUT2D eigenvalue weighted by molar-refractivity contribution is 5.79. The van der Waals surface area contributed by atoms with Crippen molar-refractivity contribution in [1.29, 1.82) is 0 Å². The molecule has 0 aromatic heterocycles. The summed E-state index contributed by atoms with van der Waals surface area (Å²) in [5.41, 5.74) is 0. The molecule has 2 unspecified atom stereocenters. The summed E-state index contributed by atoms with van der Waals surface area (Å²) in [6.45, 7) is 1.66. The molecule has 2 rings (SSSR count). The summed E-state index contributed by atoms with van der Waals surface area (Å²) in [7, 11) is 0. The molecular formula is C13H22O3. The van der Waals surface area contributed by atoms with Crippen molar-refractivity contribution in [3.05, 3.63) is 0 Å². The largest absolute Gasteiger partial charge is 0.378 e. The van der Waals surface area contributed by atoms with Gasteiger partial charge >= 0.3 is 0 Å². The average Bonchev–Trinajstić information content (AvgIpc) is 2.31. The molecule has 0 amide bonds. The summed E-state index contributed by atoms with van der Waals surface area (Å²) in [5, 5.41) is 0. The van der Waals surface area contributed by atoms with Crippen LogP contribution in [-0.4, -0.2) is 31.2 Å². The molecule has 0 aromatic rings. The highest BCUT2D eigenvalue weighted by atomic mass is 16.5. The molecule has 0 radical (unpaired) electrons. The van der Waals surface area contributed by atoms with Crippen LogP contribution in [0.3, 0.4) is 0 Å². The number of carbonyl (C=O) groups excluding carboxylic acids is 1. The van der Waals surface area contributed by atoms with Gasteiger partial charge in [-0.1, -0.05) is 0 Å². The first-order valence-corrected chi connectivity index (χ1v) is 6.59. The summed E-state index contributed by atoms with van der Waals surface area (Å²) in [5.74, 6) is 0.318. The first-order valence-electron chi connectivity index (χ1n) is 6.59. The van der Waals surface area contributed by atoms with Crippen LogP contribution >= 0.6 is 0 Å². The maximum absolute atomic E-state index is 11.8. The SMILES string of the molecule is O=C(CC1CCCCO1)CC1CCCCO1. The summed E-state index contributed by atoms with van der Waals surface area (Å²) in [6.07, 6.45) is 8.38. The average molecular weight is 226 g/mol. The quantitative estimate of drug-likeness (QED) is 0.738. The predicted molar refractivity (Wildman–Crippen MR) is 61.4 cm³/mol. The van der Waals surface area contributed by atoms with E-state index < -0.39 is 0 Å². The third-order valence-corrected chi connectivity index (χ3v) is 3.46. The van der Waals surface area contributed by atoms with E-state index in [1.165, 1.54) is 12.8 Å². The monoisotopic (exact) mass is 226 g/mol. The minimum Gasteiger partial charge on any atom is -0.378 e. The molecular weight excluding hydrogens is 204 g/mol. The predicted octanol–water partition coefficient (Wildman–Crippen LogP) is 2.47. The summed E-state index contributed by atoms with van der Waals surface area (Å²) >= 11 is 0. The van der Waals surface area contributed by atoms with Gasteiger partial charge in [0.1, 0.15) is 5.78 Å². The fourth-order valence-corrected chi connectivity index (χ4v) is 2.53. The van der Waals surface area contributed by atoms with Crippen molar-refractivity contribution in [2.45, 2.75) is 63.6 Å². The van der Waals surface area contributed by atoms with Gasteiger partial charge in [-0.25, -0.2) is 0 Å². The molecule has 2 aliphatic rings. The van der Waals surface area contributed by atoms with E-state index in [1.807, 2.05) is 0 Å². The van der Waals surface area contributed by atoms with Gasteiger partial charge in [-0.15, -0.1) is 0 Å². The molecule has 2 atom stereocenters. The van der Waals surface area contributed by atoms with Crippen LogP contribution in [0.4, 0.5) is 0 Å². The molecule has 2 aliphatic heterocycles. The first-order chi connectivity index (χ1) is 7.84. The van der Waals surface area contributed by atoms with Gasteiger partial charge in [-0.3, -0.25) is 4.79 Å². The van der Waals surface area contributed by atoms with Gasteiger partial charge in [0.05, 0.1) is 12.2 Å². The molecule has 0 saturated carbocycles. The fraction of sp³-hybridized carbons (Fsp3) is 0.923. The van der Waals surface area contributed by atoms with E-state index in [0.717, 1.165) is 38.9 Å². The van der Waals surface area contributed by atoms with E-state index in [1.54, 1.807) is 0 Å². The Bertz CT molecular complexity index is 193. The highest BCUT2D eigenvalue weighted by Crippen LogP contribution is 2.20. The van der Waals surface area contributed by atoms with Crippen LogP contribution in [0.2, 0.25) is 0 Å². The van der Waals surface area contributed by atoms with Gasteiger partial charge < -0.3 is 9.47 Å². The lowest BCUT2D eigenvalue weighted by Crippen LogP contribution is -2.26. The molecule has 3 heteroatoms. The van der Waals surface area contributed by atoms with Crippen LogP contribution in [0.1, 0.15) is 51.4 Å². The Morgan fingerprint density at radius 1 is 0.875 bits per heavy atom.